The number of rotatable bonds is 1. The number of phenols is 1. The van der Waals surface area contributed by atoms with Gasteiger partial charge in [-0.05, 0) is 76.3 Å². The van der Waals surface area contributed by atoms with E-state index in [1.54, 1.807) is 19.1 Å². The molecule has 0 atom stereocenters. The van der Waals surface area contributed by atoms with Gasteiger partial charge in [-0.1, -0.05) is 0 Å². The molecule has 2 heterocycles. The second-order valence-electron chi connectivity index (χ2n) is 7.27. The second kappa shape index (κ2) is 11.0. The number of hydrogen-bond acceptors (Lipinski definition) is 9. The zero-order chi connectivity index (χ0) is 26.6. The van der Waals surface area contributed by atoms with Gasteiger partial charge in [0.2, 0.25) is 0 Å². The first-order valence-corrected chi connectivity index (χ1v) is 11.5. The number of cyclic esters (lactones) is 1. The van der Waals surface area contributed by atoms with Crippen molar-refractivity contribution in [1.82, 2.24) is 4.98 Å². The number of phenolic OH excluding ortho intramolecular Hbond substituents is 1. The molecule has 2 N–H and O–H groups in total. The topological polar surface area (TPSA) is 115 Å². The Morgan fingerprint density at radius 3 is 2.53 bits per heavy atom. The summed E-state index contributed by atoms with van der Waals surface area (Å²) in [7, 11) is 1.50. The summed E-state index contributed by atoms with van der Waals surface area (Å²) in [4.78, 5) is 32.8. The summed E-state index contributed by atoms with van der Waals surface area (Å²) in [6.45, 7) is 1.39. The van der Waals surface area contributed by atoms with E-state index in [2.05, 4.69) is 25.6 Å². The SMILES string of the molecule is COc1c(C)cc2cc1NSc1cc(cc(Br)c1O)C(=O)OCc1cc(C(F)(F)F)ncc1-2.O=C=O. The van der Waals surface area contributed by atoms with Crippen molar-refractivity contribution in [2.45, 2.75) is 24.6 Å². The normalized spacial score (nSPS) is 12.7. The highest BCUT2D eigenvalue weighted by atomic mass is 79.9. The minimum absolute atomic E-state index is 0.0897. The third-order valence-electron chi connectivity index (χ3n) is 4.96. The van der Waals surface area contributed by atoms with Crippen LogP contribution >= 0.6 is 27.9 Å². The summed E-state index contributed by atoms with van der Waals surface area (Å²) < 4.78 is 54.1. The van der Waals surface area contributed by atoms with Crippen LogP contribution in [0.5, 0.6) is 11.5 Å². The first-order chi connectivity index (χ1) is 17.0. The maximum Gasteiger partial charge on any atom is 0.433 e. The zero-order valence-electron chi connectivity index (χ0n) is 18.5. The Hall–Kier alpha value is -3.54. The molecule has 1 aromatic heterocycles. The number of fused-ring (bicyclic) bond motifs is 6. The Kier molecular flexibility index (Phi) is 8.28. The van der Waals surface area contributed by atoms with Gasteiger partial charge in [0.05, 0.1) is 27.7 Å². The lowest BCUT2D eigenvalue weighted by Crippen LogP contribution is -2.11. The molecule has 4 rings (SSSR count). The molecule has 0 radical (unpaired) electrons. The van der Waals surface area contributed by atoms with Crippen LogP contribution in [0.1, 0.15) is 27.2 Å². The molecular weight excluding hydrogens is 569 g/mol. The number of benzene rings is 2. The predicted molar refractivity (Wildman–Crippen MR) is 125 cm³/mol. The van der Waals surface area contributed by atoms with Crippen molar-refractivity contribution < 1.29 is 42.1 Å². The van der Waals surface area contributed by atoms with E-state index in [1.165, 1.54) is 19.2 Å². The zero-order valence-corrected chi connectivity index (χ0v) is 20.9. The molecule has 0 saturated carbocycles. The number of nitrogens with one attached hydrogen (secondary N) is 1. The van der Waals surface area contributed by atoms with Gasteiger partial charge in [0.1, 0.15) is 23.8 Å². The van der Waals surface area contributed by atoms with E-state index in [0.29, 0.717) is 27.5 Å². The molecule has 8 nitrogen and oxygen atoms in total. The van der Waals surface area contributed by atoms with Crippen LogP contribution in [-0.4, -0.2) is 29.3 Å². The molecule has 3 aromatic rings. The number of pyridine rings is 1. The molecule has 1 aliphatic heterocycles. The van der Waals surface area contributed by atoms with E-state index >= 15 is 0 Å². The lowest BCUT2D eigenvalue weighted by Gasteiger charge is -2.17. The van der Waals surface area contributed by atoms with E-state index in [-0.39, 0.29) is 27.5 Å². The number of methoxy groups -OCH3 is 1. The number of carbonyl (C=O) groups excluding carboxylic acids is 3. The van der Waals surface area contributed by atoms with Crippen molar-refractivity contribution in [3.05, 3.63) is 63.4 Å². The molecule has 188 valence electrons. The Labute approximate surface area is 215 Å². The van der Waals surface area contributed by atoms with E-state index in [1.807, 2.05) is 0 Å². The van der Waals surface area contributed by atoms with Gasteiger partial charge in [-0.15, -0.1) is 0 Å². The van der Waals surface area contributed by atoms with Crippen molar-refractivity contribution >= 4 is 45.7 Å². The Morgan fingerprint density at radius 1 is 1.19 bits per heavy atom. The number of anilines is 1. The summed E-state index contributed by atoms with van der Waals surface area (Å²) in [6, 6.07) is 7.12. The number of carbonyl (C=O) groups is 1. The molecule has 0 spiro atoms. The molecule has 0 unspecified atom stereocenters. The Balaban J connectivity index is 0.00000115. The van der Waals surface area contributed by atoms with Gasteiger partial charge in [-0.25, -0.2) is 4.79 Å². The minimum atomic E-state index is -4.66. The smallest absolute Gasteiger partial charge is 0.433 e. The van der Waals surface area contributed by atoms with Crippen LogP contribution in [0.4, 0.5) is 18.9 Å². The monoisotopic (exact) mass is 584 g/mol. The predicted octanol–water partition coefficient (Wildman–Crippen LogP) is 5.76. The molecule has 4 bridgehead atoms. The lowest BCUT2D eigenvalue weighted by atomic mass is 9.98. The van der Waals surface area contributed by atoms with Gasteiger partial charge in [0.25, 0.3) is 0 Å². The summed E-state index contributed by atoms with van der Waals surface area (Å²) in [6.07, 6.45) is -3.29. The third-order valence-corrected chi connectivity index (χ3v) is 6.42. The summed E-state index contributed by atoms with van der Waals surface area (Å²) >= 11 is 4.25. The average molecular weight is 585 g/mol. The van der Waals surface area contributed by atoms with Crippen LogP contribution in [0.3, 0.4) is 0 Å². The van der Waals surface area contributed by atoms with Crippen LogP contribution in [-0.2, 0) is 27.1 Å². The molecule has 0 saturated heterocycles. The number of hydrogen-bond donors (Lipinski definition) is 2. The molecule has 0 fully saturated rings. The van der Waals surface area contributed by atoms with Crippen molar-refractivity contribution in [2.75, 3.05) is 11.8 Å². The van der Waals surface area contributed by atoms with Gasteiger partial charge >= 0.3 is 18.3 Å². The number of halogens is 4. The van der Waals surface area contributed by atoms with Crippen molar-refractivity contribution in [3.63, 3.8) is 0 Å². The average Bonchev–Trinajstić information content (AvgIpc) is 2.82. The highest BCUT2D eigenvalue weighted by Crippen LogP contribution is 2.42. The molecule has 13 heteroatoms. The first kappa shape index (κ1) is 27.1. The van der Waals surface area contributed by atoms with E-state index in [9.17, 15) is 23.1 Å². The van der Waals surface area contributed by atoms with Crippen LogP contribution in [0.2, 0.25) is 0 Å². The lowest BCUT2D eigenvalue weighted by molar-refractivity contribution is -0.191. The van der Waals surface area contributed by atoms with E-state index in [0.717, 1.165) is 29.8 Å². The fraction of sp³-hybridized carbons (Fsp3) is 0.174. The molecule has 36 heavy (non-hydrogen) atoms. The van der Waals surface area contributed by atoms with Gasteiger partial charge < -0.3 is 19.3 Å². The van der Waals surface area contributed by atoms with Crippen LogP contribution in [0, 0.1) is 6.92 Å². The van der Waals surface area contributed by atoms with Crippen LogP contribution in [0.25, 0.3) is 11.1 Å². The fourth-order valence-electron chi connectivity index (χ4n) is 3.41. The van der Waals surface area contributed by atoms with Gasteiger partial charge in [-0.2, -0.15) is 22.8 Å². The summed E-state index contributed by atoms with van der Waals surface area (Å²) in [5.41, 5.74) is 1.35. The Morgan fingerprint density at radius 2 is 1.89 bits per heavy atom. The summed E-state index contributed by atoms with van der Waals surface area (Å²) in [5, 5.41) is 10.4. The Bertz CT molecular complexity index is 1360. The first-order valence-electron chi connectivity index (χ1n) is 9.87. The highest BCUT2D eigenvalue weighted by molar-refractivity contribution is 9.10. The number of aromatic nitrogens is 1. The maximum atomic E-state index is 13.3. The fourth-order valence-corrected chi connectivity index (χ4v) is 4.77. The number of alkyl halides is 3. The van der Waals surface area contributed by atoms with Crippen LogP contribution in [0.15, 0.2) is 45.9 Å². The number of ether oxygens (including phenoxy) is 2. The molecule has 1 aliphatic rings. The number of aryl methyl sites for hydroxylation is 1. The second-order valence-corrected chi connectivity index (χ2v) is 8.97. The van der Waals surface area contributed by atoms with E-state index < -0.39 is 24.4 Å². The van der Waals surface area contributed by atoms with E-state index in [4.69, 9.17) is 19.1 Å². The van der Waals surface area contributed by atoms with Gasteiger partial charge in [0.15, 0.2) is 0 Å². The standard InChI is InChI=1S/C22H16BrF3N2O4S.CO2/c1-10-3-11-5-16(20(10)31-2)28-33-17-6-12(4-15(23)19(17)29)21(30)32-9-13-7-18(22(24,25)26)27-8-14(11)13;2-1-3/h3-8,28-29H,9H2,1-2H3;. The quantitative estimate of drug-likeness (QED) is 0.272. The van der Waals surface area contributed by atoms with Crippen molar-refractivity contribution in [3.8, 4) is 22.6 Å². The van der Waals surface area contributed by atoms with Gasteiger partial charge in [0, 0.05) is 17.3 Å². The van der Waals surface area contributed by atoms with Crippen LogP contribution < -0.4 is 9.46 Å². The molecular formula is C23H16BrF3N2O6S. The minimum Gasteiger partial charge on any atom is -0.506 e. The molecule has 2 aromatic carbocycles. The highest BCUT2D eigenvalue weighted by Gasteiger charge is 2.33. The largest absolute Gasteiger partial charge is 0.506 e. The van der Waals surface area contributed by atoms with Crippen molar-refractivity contribution in [1.29, 1.82) is 0 Å². The number of aromatic hydroxyl groups is 1. The summed E-state index contributed by atoms with van der Waals surface area (Å²) in [5.74, 6) is -0.328. The number of esters is 1. The van der Waals surface area contributed by atoms with Crippen molar-refractivity contribution in [2.24, 2.45) is 0 Å². The van der Waals surface area contributed by atoms with Gasteiger partial charge in [-0.3, -0.25) is 4.98 Å². The molecule has 0 amide bonds. The number of nitrogens with zero attached hydrogens (tertiary/aromatic N) is 1. The maximum absolute atomic E-state index is 13.3. The third kappa shape index (κ3) is 5.81. The molecule has 0 aliphatic carbocycles.